The molecule has 3 rings (SSSR count). The summed E-state index contributed by atoms with van der Waals surface area (Å²) in [6.45, 7) is 6.54. The van der Waals surface area contributed by atoms with Crippen LogP contribution in [0.15, 0.2) is 12.1 Å². The van der Waals surface area contributed by atoms with Crippen LogP contribution in [-0.2, 0) is 12.8 Å². The molecular formula is C14H18O2. The van der Waals surface area contributed by atoms with Crippen molar-refractivity contribution in [3.8, 4) is 11.5 Å². The summed E-state index contributed by atoms with van der Waals surface area (Å²) in [6, 6.07) is 4.35. The second kappa shape index (κ2) is 3.41. The van der Waals surface area contributed by atoms with Crippen LogP contribution in [-0.4, -0.2) is 12.2 Å². The van der Waals surface area contributed by atoms with Crippen molar-refractivity contribution in [3.05, 3.63) is 23.3 Å². The van der Waals surface area contributed by atoms with Gasteiger partial charge in [0.1, 0.15) is 23.7 Å². The first-order valence-electron chi connectivity index (χ1n) is 6.12. The van der Waals surface area contributed by atoms with E-state index in [0.29, 0.717) is 18.1 Å². The quantitative estimate of drug-likeness (QED) is 0.721. The second-order valence-electron chi connectivity index (χ2n) is 5.30. The molecule has 1 aromatic rings. The Hall–Kier alpha value is -1.18. The van der Waals surface area contributed by atoms with Crippen LogP contribution in [0.1, 0.15) is 31.9 Å². The molecular weight excluding hydrogens is 200 g/mol. The molecule has 16 heavy (non-hydrogen) atoms. The fourth-order valence-corrected chi connectivity index (χ4v) is 2.54. The molecule has 2 aliphatic heterocycles. The highest BCUT2D eigenvalue weighted by molar-refractivity contribution is 5.50. The summed E-state index contributed by atoms with van der Waals surface area (Å²) in [7, 11) is 0. The van der Waals surface area contributed by atoms with Gasteiger partial charge in [-0.15, -0.1) is 0 Å². The van der Waals surface area contributed by atoms with E-state index < -0.39 is 0 Å². The highest BCUT2D eigenvalue weighted by Crippen LogP contribution is 2.39. The minimum absolute atomic E-state index is 0.318. The van der Waals surface area contributed by atoms with Crippen LogP contribution in [0.25, 0.3) is 0 Å². The largest absolute Gasteiger partial charge is 0.490 e. The van der Waals surface area contributed by atoms with Gasteiger partial charge in [-0.25, -0.2) is 0 Å². The van der Waals surface area contributed by atoms with Gasteiger partial charge in [-0.3, -0.25) is 0 Å². The lowest BCUT2D eigenvalue weighted by Crippen LogP contribution is -2.19. The molecule has 0 saturated carbocycles. The lowest BCUT2D eigenvalue weighted by atomic mass is 10.0. The van der Waals surface area contributed by atoms with Gasteiger partial charge in [-0.2, -0.15) is 0 Å². The highest BCUT2D eigenvalue weighted by Gasteiger charge is 2.29. The van der Waals surface area contributed by atoms with Crippen LogP contribution in [0.3, 0.4) is 0 Å². The zero-order chi connectivity index (χ0) is 11.3. The molecule has 0 aliphatic carbocycles. The number of benzene rings is 1. The number of ether oxygens (including phenoxy) is 2. The zero-order valence-electron chi connectivity index (χ0n) is 10.1. The van der Waals surface area contributed by atoms with Gasteiger partial charge in [-0.05, 0) is 25.0 Å². The Morgan fingerprint density at radius 3 is 2.38 bits per heavy atom. The molecule has 2 unspecified atom stereocenters. The van der Waals surface area contributed by atoms with E-state index >= 15 is 0 Å². The fourth-order valence-electron chi connectivity index (χ4n) is 2.54. The van der Waals surface area contributed by atoms with Gasteiger partial charge in [0.15, 0.2) is 0 Å². The molecule has 2 atom stereocenters. The van der Waals surface area contributed by atoms with E-state index in [2.05, 4.69) is 32.9 Å². The Kier molecular flexibility index (Phi) is 2.13. The third kappa shape index (κ3) is 1.48. The fraction of sp³-hybridized carbons (Fsp3) is 0.571. The minimum atomic E-state index is 0.318. The smallest absolute Gasteiger partial charge is 0.123 e. The predicted octanol–water partition coefficient (Wildman–Crippen LogP) is 2.97. The third-order valence-electron chi connectivity index (χ3n) is 3.52. The first-order chi connectivity index (χ1) is 7.63. The zero-order valence-corrected chi connectivity index (χ0v) is 10.1. The SMILES string of the molecule is CC1Cc2cc3c(cc2O1)CC(C(C)C)O3. The molecule has 2 heteroatoms. The van der Waals surface area contributed by atoms with Crippen molar-refractivity contribution in [3.63, 3.8) is 0 Å². The van der Waals surface area contributed by atoms with E-state index in [9.17, 15) is 0 Å². The van der Waals surface area contributed by atoms with Gasteiger partial charge < -0.3 is 9.47 Å². The van der Waals surface area contributed by atoms with Gasteiger partial charge in [0, 0.05) is 24.0 Å². The Labute approximate surface area is 96.6 Å². The van der Waals surface area contributed by atoms with Crippen molar-refractivity contribution in [1.82, 2.24) is 0 Å². The van der Waals surface area contributed by atoms with Crippen molar-refractivity contribution >= 4 is 0 Å². The number of rotatable bonds is 1. The molecule has 86 valence electrons. The monoisotopic (exact) mass is 218 g/mol. The van der Waals surface area contributed by atoms with Crippen LogP contribution in [0.4, 0.5) is 0 Å². The Bertz CT molecular complexity index is 388. The van der Waals surface area contributed by atoms with E-state index in [1.54, 1.807) is 0 Å². The summed E-state index contributed by atoms with van der Waals surface area (Å²) >= 11 is 0. The minimum Gasteiger partial charge on any atom is -0.490 e. The van der Waals surface area contributed by atoms with E-state index in [4.69, 9.17) is 9.47 Å². The van der Waals surface area contributed by atoms with Crippen molar-refractivity contribution in [2.45, 2.75) is 45.8 Å². The summed E-state index contributed by atoms with van der Waals surface area (Å²) in [5.41, 5.74) is 2.61. The van der Waals surface area contributed by atoms with Crippen LogP contribution in [0, 0.1) is 5.92 Å². The van der Waals surface area contributed by atoms with Crippen LogP contribution in [0.2, 0.25) is 0 Å². The first kappa shape index (κ1) is 10.0. The molecule has 0 N–H and O–H groups in total. The summed E-state index contributed by atoms with van der Waals surface area (Å²) in [5, 5.41) is 0. The maximum absolute atomic E-state index is 5.97. The molecule has 0 fully saturated rings. The Morgan fingerprint density at radius 2 is 1.69 bits per heavy atom. The molecule has 0 spiro atoms. The summed E-state index contributed by atoms with van der Waals surface area (Å²) in [6.07, 6.45) is 2.70. The van der Waals surface area contributed by atoms with Crippen molar-refractivity contribution in [1.29, 1.82) is 0 Å². The number of hydrogen-bond acceptors (Lipinski definition) is 2. The molecule has 2 heterocycles. The van der Waals surface area contributed by atoms with Gasteiger partial charge in [0.25, 0.3) is 0 Å². The molecule has 2 aliphatic rings. The van der Waals surface area contributed by atoms with Gasteiger partial charge in [0.2, 0.25) is 0 Å². The van der Waals surface area contributed by atoms with Crippen LogP contribution >= 0.6 is 0 Å². The summed E-state index contributed by atoms with van der Waals surface area (Å²) < 4.78 is 11.7. The molecule has 0 aromatic heterocycles. The van der Waals surface area contributed by atoms with Crippen LogP contribution in [0.5, 0.6) is 11.5 Å². The standard InChI is InChI=1S/C14H18O2/c1-8(2)12-5-11-7-13-10(4-9(3)15-13)6-14(11)16-12/h6-9,12H,4-5H2,1-3H3. The summed E-state index contributed by atoms with van der Waals surface area (Å²) in [5.74, 6) is 2.72. The molecule has 2 nitrogen and oxygen atoms in total. The molecule has 0 saturated heterocycles. The molecule has 1 aromatic carbocycles. The molecule has 0 amide bonds. The van der Waals surface area contributed by atoms with E-state index in [1.807, 2.05) is 0 Å². The van der Waals surface area contributed by atoms with Gasteiger partial charge in [0.05, 0.1) is 0 Å². The molecule has 0 radical (unpaired) electrons. The van der Waals surface area contributed by atoms with Crippen molar-refractivity contribution < 1.29 is 9.47 Å². The predicted molar refractivity (Wildman–Crippen MR) is 63.2 cm³/mol. The number of hydrogen-bond donors (Lipinski definition) is 0. The Balaban J connectivity index is 1.92. The average molecular weight is 218 g/mol. The second-order valence-corrected chi connectivity index (χ2v) is 5.30. The Morgan fingerprint density at radius 1 is 1.06 bits per heavy atom. The lowest BCUT2D eigenvalue weighted by Gasteiger charge is -2.13. The van der Waals surface area contributed by atoms with E-state index in [0.717, 1.165) is 24.3 Å². The maximum atomic E-state index is 5.97. The van der Waals surface area contributed by atoms with Gasteiger partial charge in [-0.1, -0.05) is 13.8 Å². The maximum Gasteiger partial charge on any atom is 0.123 e. The highest BCUT2D eigenvalue weighted by atomic mass is 16.5. The topological polar surface area (TPSA) is 18.5 Å². The molecule has 0 bridgehead atoms. The van der Waals surface area contributed by atoms with Crippen LogP contribution < -0.4 is 9.47 Å². The van der Waals surface area contributed by atoms with E-state index in [1.165, 1.54) is 11.1 Å². The van der Waals surface area contributed by atoms with Gasteiger partial charge >= 0.3 is 0 Å². The number of fused-ring (bicyclic) bond motifs is 2. The first-order valence-corrected chi connectivity index (χ1v) is 6.12. The normalized spacial score (nSPS) is 26.2. The average Bonchev–Trinajstić information content (AvgIpc) is 2.74. The van der Waals surface area contributed by atoms with Crippen molar-refractivity contribution in [2.24, 2.45) is 5.92 Å². The van der Waals surface area contributed by atoms with E-state index in [-0.39, 0.29) is 0 Å². The van der Waals surface area contributed by atoms with Crippen molar-refractivity contribution in [2.75, 3.05) is 0 Å². The third-order valence-corrected chi connectivity index (χ3v) is 3.52. The lowest BCUT2D eigenvalue weighted by molar-refractivity contribution is 0.178. The summed E-state index contributed by atoms with van der Waals surface area (Å²) in [4.78, 5) is 0.